The Morgan fingerprint density at radius 3 is 2.72 bits per heavy atom. The first-order chi connectivity index (χ1) is 15.7. The second kappa shape index (κ2) is 9.50. The normalized spacial score (nSPS) is 23.7. The van der Waals surface area contributed by atoms with E-state index >= 15 is 0 Å². The van der Waals surface area contributed by atoms with Crippen LogP contribution in [0.3, 0.4) is 0 Å². The van der Waals surface area contributed by atoms with Crippen LogP contribution in [0.4, 0.5) is 0 Å². The van der Waals surface area contributed by atoms with Gasteiger partial charge in [-0.1, -0.05) is 61.4 Å². The van der Waals surface area contributed by atoms with Gasteiger partial charge in [0.1, 0.15) is 0 Å². The first-order valence-electron chi connectivity index (χ1n) is 12.3. The van der Waals surface area contributed by atoms with Gasteiger partial charge in [0.15, 0.2) is 0 Å². The molecule has 2 aliphatic heterocycles. The van der Waals surface area contributed by atoms with E-state index in [0.29, 0.717) is 24.4 Å². The fourth-order valence-corrected chi connectivity index (χ4v) is 5.98. The standard InChI is InChI=1S/C28H35N3O/c1-30-20-22(24-12-7-8-13-26(24)30)15-16-28(32)31-23(18-21-10-4-2-5-11-21)19-25-27(31)14-6-3-9-17-29-25/h2,4-5,7-8,10-13,20,23,25,27,29H,3,6,9,14-19H2,1H3/t23-,25+,27-/m0/s1. The third kappa shape index (κ3) is 4.33. The van der Waals surface area contributed by atoms with E-state index in [0.717, 1.165) is 32.2 Å². The Bertz CT molecular complexity index is 1060. The Morgan fingerprint density at radius 1 is 1.03 bits per heavy atom. The summed E-state index contributed by atoms with van der Waals surface area (Å²) in [5, 5.41) is 5.06. The van der Waals surface area contributed by atoms with Crippen LogP contribution in [0, 0.1) is 0 Å². The number of para-hydroxylation sites is 1. The summed E-state index contributed by atoms with van der Waals surface area (Å²) in [6.45, 7) is 1.08. The predicted molar refractivity (Wildman–Crippen MR) is 131 cm³/mol. The van der Waals surface area contributed by atoms with Crippen LogP contribution in [0.1, 0.15) is 49.7 Å². The molecule has 1 aromatic heterocycles. The zero-order valence-electron chi connectivity index (χ0n) is 19.2. The average molecular weight is 430 g/mol. The lowest BCUT2D eigenvalue weighted by molar-refractivity contribution is -0.134. The van der Waals surface area contributed by atoms with Gasteiger partial charge >= 0.3 is 0 Å². The van der Waals surface area contributed by atoms with Crippen molar-refractivity contribution in [3.8, 4) is 0 Å². The molecule has 0 aliphatic carbocycles. The van der Waals surface area contributed by atoms with Crippen LogP contribution in [-0.2, 0) is 24.7 Å². The van der Waals surface area contributed by atoms with E-state index in [9.17, 15) is 4.79 Å². The summed E-state index contributed by atoms with van der Waals surface area (Å²) in [5.41, 5.74) is 3.85. The summed E-state index contributed by atoms with van der Waals surface area (Å²) in [7, 11) is 2.09. The largest absolute Gasteiger partial charge is 0.350 e. The molecule has 4 nitrogen and oxygen atoms in total. The molecule has 3 heterocycles. The molecule has 3 aromatic rings. The zero-order valence-corrected chi connectivity index (χ0v) is 19.2. The molecule has 5 rings (SSSR count). The molecule has 2 fully saturated rings. The van der Waals surface area contributed by atoms with Crippen LogP contribution < -0.4 is 5.32 Å². The van der Waals surface area contributed by atoms with Crippen molar-refractivity contribution in [3.63, 3.8) is 0 Å². The third-order valence-corrected chi connectivity index (χ3v) is 7.51. The number of aryl methyl sites for hydroxylation is 2. The fourth-order valence-electron chi connectivity index (χ4n) is 5.98. The topological polar surface area (TPSA) is 37.3 Å². The minimum atomic E-state index is 0.290. The first-order valence-corrected chi connectivity index (χ1v) is 12.3. The lowest BCUT2D eigenvalue weighted by atomic mass is 9.98. The molecule has 0 spiro atoms. The summed E-state index contributed by atoms with van der Waals surface area (Å²) in [5.74, 6) is 0.328. The highest BCUT2D eigenvalue weighted by Gasteiger charge is 2.43. The number of hydrogen-bond donors (Lipinski definition) is 1. The number of benzene rings is 2. The number of nitrogens with zero attached hydrogens (tertiary/aromatic N) is 2. The molecule has 32 heavy (non-hydrogen) atoms. The fraction of sp³-hybridized carbons (Fsp3) is 0.464. The van der Waals surface area contributed by atoms with Crippen LogP contribution in [0.25, 0.3) is 10.9 Å². The van der Waals surface area contributed by atoms with Gasteiger partial charge < -0.3 is 14.8 Å². The maximum absolute atomic E-state index is 13.7. The van der Waals surface area contributed by atoms with Crippen molar-refractivity contribution in [2.24, 2.45) is 7.05 Å². The summed E-state index contributed by atoms with van der Waals surface area (Å²) in [4.78, 5) is 16.0. The summed E-state index contributed by atoms with van der Waals surface area (Å²) < 4.78 is 2.18. The number of rotatable bonds is 5. The molecule has 168 valence electrons. The molecule has 2 aromatic carbocycles. The van der Waals surface area contributed by atoms with Gasteiger partial charge in [0.2, 0.25) is 5.91 Å². The Balaban J connectivity index is 1.36. The van der Waals surface area contributed by atoms with Crippen molar-refractivity contribution in [3.05, 3.63) is 71.9 Å². The Hall–Kier alpha value is -2.59. The Labute approximate surface area is 191 Å². The summed E-state index contributed by atoms with van der Waals surface area (Å²) in [6, 6.07) is 20.3. The molecule has 2 aliphatic rings. The number of carbonyl (C=O) groups excluding carboxylic acids is 1. The first kappa shape index (κ1) is 21.3. The predicted octanol–water partition coefficient (Wildman–Crippen LogP) is 4.86. The highest BCUT2D eigenvalue weighted by Crippen LogP contribution is 2.33. The van der Waals surface area contributed by atoms with E-state index in [-0.39, 0.29) is 6.04 Å². The van der Waals surface area contributed by atoms with Crippen LogP contribution in [0.2, 0.25) is 0 Å². The lowest BCUT2D eigenvalue weighted by Crippen LogP contribution is -2.47. The van der Waals surface area contributed by atoms with Gasteiger partial charge in [-0.15, -0.1) is 0 Å². The van der Waals surface area contributed by atoms with Crippen LogP contribution in [0.5, 0.6) is 0 Å². The van der Waals surface area contributed by atoms with E-state index in [1.165, 1.54) is 41.3 Å². The molecule has 0 unspecified atom stereocenters. The number of fused-ring (bicyclic) bond motifs is 2. The molecule has 2 saturated heterocycles. The van der Waals surface area contributed by atoms with Crippen molar-refractivity contribution in [2.45, 2.75) is 69.5 Å². The van der Waals surface area contributed by atoms with E-state index in [2.05, 4.69) is 82.6 Å². The Kier molecular flexibility index (Phi) is 6.31. The van der Waals surface area contributed by atoms with Gasteiger partial charge in [0.25, 0.3) is 0 Å². The van der Waals surface area contributed by atoms with Crippen molar-refractivity contribution >= 4 is 16.8 Å². The molecular weight excluding hydrogens is 394 g/mol. The van der Waals surface area contributed by atoms with Crippen molar-refractivity contribution < 1.29 is 4.79 Å². The maximum Gasteiger partial charge on any atom is 0.223 e. The lowest BCUT2D eigenvalue weighted by Gasteiger charge is -2.33. The number of aromatic nitrogens is 1. The summed E-state index contributed by atoms with van der Waals surface area (Å²) >= 11 is 0. The molecule has 0 bridgehead atoms. The van der Waals surface area contributed by atoms with Crippen molar-refractivity contribution in [1.29, 1.82) is 0 Å². The van der Waals surface area contributed by atoms with Crippen molar-refractivity contribution in [2.75, 3.05) is 6.54 Å². The zero-order chi connectivity index (χ0) is 21.9. The molecule has 0 saturated carbocycles. The maximum atomic E-state index is 13.7. The highest BCUT2D eigenvalue weighted by atomic mass is 16.2. The SMILES string of the molecule is Cn1cc(CCC(=O)N2[C@@H](Cc3ccccc3)C[C@H]3NCCCCC[C@@H]32)c2ccccc21. The van der Waals surface area contributed by atoms with Crippen LogP contribution >= 0.6 is 0 Å². The van der Waals surface area contributed by atoms with Crippen LogP contribution in [-0.4, -0.2) is 40.0 Å². The number of hydrogen-bond acceptors (Lipinski definition) is 2. The van der Waals surface area contributed by atoms with E-state index in [1.54, 1.807) is 0 Å². The summed E-state index contributed by atoms with van der Waals surface area (Å²) in [6.07, 6.45) is 10.5. The van der Waals surface area contributed by atoms with Gasteiger partial charge in [-0.2, -0.15) is 0 Å². The molecule has 0 radical (unpaired) electrons. The number of amides is 1. The quantitative estimate of drug-likeness (QED) is 0.629. The highest BCUT2D eigenvalue weighted by molar-refractivity contribution is 5.85. The van der Waals surface area contributed by atoms with Gasteiger partial charge in [-0.3, -0.25) is 4.79 Å². The molecule has 4 heteroatoms. The molecule has 3 atom stereocenters. The van der Waals surface area contributed by atoms with Gasteiger partial charge in [-0.25, -0.2) is 0 Å². The van der Waals surface area contributed by atoms with E-state index in [1.807, 2.05) is 0 Å². The number of nitrogens with one attached hydrogen (secondary N) is 1. The molecule has 1 N–H and O–H groups in total. The molecular formula is C28H35N3O. The number of likely N-dealkylation sites (tertiary alicyclic amines) is 1. The third-order valence-electron chi connectivity index (χ3n) is 7.51. The Morgan fingerprint density at radius 2 is 1.84 bits per heavy atom. The average Bonchev–Trinajstić information content (AvgIpc) is 3.29. The van der Waals surface area contributed by atoms with Gasteiger partial charge in [0, 0.05) is 48.7 Å². The smallest absolute Gasteiger partial charge is 0.223 e. The minimum Gasteiger partial charge on any atom is -0.350 e. The van der Waals surface area contributed by atoms with Gasteiger partial charge in [0.05, 0.1) is 0 Å². The molecule has 1 amide bonds. The van der Waals surface area contributed by atoms with E-state index < -0.39 is 0 Å². The van der Waals surface area contributed by atoms with E-state index in [4.69, 9.17) is 0 Å². The van der Waals surface area contributed by atoms with Gasteiger partial charge in [-0.05, 0) is 55.8 Å². The monoisotopic (exact) mass is 429 g/mol. The number of carbonyl (C=O) groups is 1. The van der Waals surface area contributed by atoms with Crippen LogP contribution in [0.15, 0.2) is 60.8 Å². The minimum absolute atomic E-state index is 0.290. The second-order valence-corrected chi connectivity index (χ2v) is 9.64. The van der Waals surface area contributed by atoms with Crippen molar-refractivity contribution in [1.82, 2.24) is 14.8 Å². The second-order valence-electron chi connectivity index (χ2n) is 9.64.